The van der Waals surface area contributed by atoms with Crippen LogP contribution in [0.3, 0.4) is 0 Å². The first-order valence-corrected chi connectivity index (χ1v) is 8.59. The van der Waals surface area contributed by atoms with E-state index in [1.54, 1.807) is 0 Å². The second kappa shape index (κ2) is 6.67. The number of halogens is 2. The van der Waals surface area contributed by atoms with E-state index in [1.165, 1.54) is 0 Å². The van der Waals surface area contributed by atoms with Gasteiger partial charge < -0.3 is 10.1 Å². The number of rotatable bonds is 6. The van der Waals surface area contributed by atoms with Crippen molar-refractivity contribution in [3.8, 4) is 5.75 Å². The van der Waals surface area contributed by atoms with Gasteiger partial charge in [-0.25, -0.2) is 0 Å². The van der Waals surface area contributed by atoms with Crippen LogP contribution < -0.4 is 10.1 Å². The molecule has 1 aliphatic rings. The highest BCUT2D eigenvalue weighted by Crippen LogP contribution is 2.49. The van der Waals surface area contributed by atoms with Crippen molar-refractivity contribution in [2.24, 2.45) is 5.41 Å². The molecule has 2 unspecified atom stereocenters. The summed E-state index contributed by atoms with van der Waals surface area (Å²) in [6.45, 7) is 7.69. The van der Waals surface area contributed by atoms with Gasteiger partial charge in [-0.15, -0.1) is 0 Å². The van der Waals surface area contributed by atoms with E-state index in [4.69, 9.17) is 16.3 Å². The van der Waals surface area contributed by atoms with Crippen molar-refractivity contribution >= 4 is 27.5 Å². The van der Waals surface area contributed by atoms with Gasteiger partial charge in [0.15, 0.2) is 0 Å². The molecule has 112 valence electrons. The van der Waals surface area contributed by atoms with Gasteiger partial charge in [-0.1, -0.05) is 48.3 Å². The maximum Gasteiger partial charge on any atom is 0.138 e. The first-order valence-electron chi connectivity index (χ1n) is 7.42. The van der Waals surface area contributed by atoms with Gasteiger partial charge in [-0.05, 0) is 37.6 Å². The summed E-state index contributed by atoms with van der Waals surface area (Å²) in [5.74, 6) is 0.793. The van der Waals surface area contributed by atoms with E-state index < -0.39 is 0 Å². The standard InChI is InChI=1S/C16H23BrClNO/c1-4-16(5-2)14(19-6-3)10-15(16)20-13-8-7-11(17)9-12(13)18/h7-9,14-15,19H,4-6,10H2,1-3H3. The Morgan fingerprint density at radius 1 is 1.35 bits per heavy atom. The minimum atomic E-state index is 0.229. The van der Waals surface area contributed by atoms with Gasteiger partial charge in [0.1, 0.15) is 11.9 Å². The van der Waals surface area contributed by atoms with E-state index >= 15 is 0 Å². The molecule has 0 aromatic heterocycles. The lowest BCUT2D eigenvalue weighted by Crippen LogP contribution is -2.64. The van der Waals surface area contributed by atoms with Crippen molar-refractivity contribution in [2.45, 2.75) is 52.2 Å². The molecular weight excluding hydrogens is 338 g/mol. The molecule has 1 aliphatic carbocycles. The highest BCUT2D eigenvalue weighted by atomic mass is 79.9. The van der Waals surface area contributed by atoms with Crippen LogP contribution in [0.25, 0.3) is 0 Å². The van der Waals surface area contributed by atoms with Crippen LogP contribution in [0.4, 0.5) is 0 Å². The molecule has 0 aliphatic heterocycles. The smallest absolute Gasteiger partial charge is 0.138 e. The number of nitrogens with one attached hydrogen (secondary N) is 1. The Morgan fingerprint density at radius 3 is 2.60 bits per heavy atom. The summed E-state index contributed by atoms with van der Waals surface area (Å²) in [6.07, 6.45) is 3.56. The molecule has 20 heavy (non-hydrogen) atoms. The summed E-state index contributed by atoms with van der Waals surface area (Å²) in [7, 11) is 0. The second-order valence-electron chi connectivity index (χ2n) is 5.47. The van der Waals surface area contributed by atoms with E-state index in [-0.39, 0.29) is 11.5 Å². The topological polar surface area (TPSA) is 21.3 Å². The maximum absolute atomic E-state index is 6.26. The van der Waals surface area contributed by atoms with Crippen LogP contribution in [-0.4, -0.2) is 18.7 Å². The molecule has 0 saturated heterocycles. The van der Waals surface area contributed by atoms with Crippen molar-refractivity contribution in [1.29, 1.82) is 0 Å². The van der Waals surface area contributed by atoms with Crippen molar-refractivity contribution < 1.29 is 4.74 Å². The zero-order valence-corrected chi connectivity index (χ0v) is 14.7. The molecule has 4 heteroatoms. The van der Waals surface area contributed by atoms with Gasteiger partial charge in [0.05, 0.1) is 5.02 Å². The van der Waals surface area contributed by atoms with Crippen molar-refractivity contribution in [2.75, 3.05) is 6.54 Å². The van der Waals surface area contributed by atoms with Crippen LogP contribution in [-0.2, 0) is 0 Å². The molecule has 1 aromatic carbocycles. The highest BCUT2D eigenvalue weighted by Gasteiger charge is 2.53. The van der Waals surface area contributed by atoms with Gasteiger partial charge in [0, 0.05) is 22.4 Å². The Bertz CT molecular complexity index is 462. The average molecular weight is 361 g/mol. The minimum Gasteiger partial charge on any atom is -0.488 e. The zero-order chi connectivity index (χ0) is 14.8. The predicted molar refractivity (Wildman–Crippen MR) is 88.7 cm³/mol. The molecule has 0 radical (unpaired) electrons. The number of benzene rings is 1. The summed E-state index contributed by atoms with van der Waals surface area (Å²) in [5.41, 5.74) is 0.229. The van der Waals surface area contributed by atoms with Crippen LogP contribution in [0.15, 0.2) is 22.7 Å². The van der Waals surface area contributed by atoms with Crippen LogP contribution in [0.5, 0.6) is 5.75 Å². The highest BCUT2D eigenvalue weighted by molar-refractivity contribution is 9.10. The molecule has 2 atom stereocenters. The normalized spacial score (nSPS) is 24.2. The van der Waals surface area contributed by atoms with Crippen LogP contribution in [0, 0.1) is 5.41 Å². The van der Waals surface area contributed by atoms with Crippen LogP contribution >= 0.6 is 27.5 Å². The average Bonchev–Trinajstić information content (AvgIpc) is 2.41. The molecular formula is C16H23BrClNO. The molecule has 2 rings (SSSR count). The zero-order valence-electron chi connectivity index (χ0n) is 12.4. The summed E-state index contributed by atoms with van der Waals surface area (Å²) in [6, 6.07) is 6.36. The molecule has 1 fully saturated rings. The van der Waals surface area contributed by atoms with E-state index in [0.29, 0.717) is 11.1 Å². The van der Waals surface area contributed by atoms with Crippen LogP contribution in [0.1, 0.15) is 40.0 Å². The first-order chi connectivity index (χ1) is 9.57. The first kappa shape index (κ1) is 16.1. The van der Waals surface area contributed by atoms with E-state index in [1.807, 2.05) is 18.2 Å². The fraction of sp³-hybridized carbons (Fsp3) is 0.625. The maximum atomic E-state index is 6.26. The number of ether oxygens (including phenoxy) is 1. The van der Waals surface area contributed by atoms with Crippen LogP contribution in [0.2, 0.25) is 5.02 Å². The van der Waals surface area contributed by atoms with Gasteiger partial charge in [-0.2, -0.15) is 0 Å². The number of hydrogen-bond acceptors (Lipinski definition) is 2. The molecule has 0 bridgehead atoms. The minimum absolute atomic E-state index is 0.229. The van der Waals surface area contributed by atoms with Gasteiger partial charge >= 0.3 is 0 Å². The summed E-state index contributed by atoms with van der Waals surface area (Å²) < 4.78 is 7.20. The van der Waals surface area contributed by atoms with E-state index in [9.17, 15) is 0 Å². The molecule has 0 amide bonds. The van der Waals surface area contributed by atoms with Crippen molar-refractivity contribution in [3.05, 3.63) is 27.7 Å². The lowest BCUT2D eigenvalue weighted by Gasteiger charge is -2.55. The Balaban J connectivity index is 2.13. The van der Waals surface area contributed by atoms with Gasteiger partial charge in [0.2, 0.25) is 0 Å². The largest absolute Gasteiger partial charge is 0.488 e. The monoisotopic (exact) mass is 359 g/mol. The Labute approximate surface area is 135 Å². The molecule has 1 N–H and O–H groups in total. The molecule has 2 nitrogen and oxygen atoms in total. The molecule has 1 saturated carbocycles. The fourth-order valence-electron chi connectivity index (χ4n) is 3.37. The Hall–Kier alpha value is -0.250. The fourth-order valence-corrected chi connectivity index (χ4v) is 4.09. The van der Waals surface area contributed by atoms with Gasteiger partial charge in [-0.3, -0.25) is 0 Å². The van der Waals surface area contributed by atoms with E-state index in [2.05, 4.69) is 42.0 Å². The summed E-state index contributed by atoms with van der Waals surface area (Å²) in [4.78, 5) is 0. The predicted octanol–water partition coefficient (Wildman–Crippen LogP) is 5.04. The van der Waals surface area contributed by atoms with Gasteiger partial charge in [0.25, 0.3) is 0 Å². The molecule has 0 heterocycles. The number of hydrogen-bond donors (Lipinski definition) is 1. The lowest BCUT2D eigenvalue weighted by molar-refractivity contribution is -0.0853. The summed E-state index contributed by atoms with van der Waals surface area (Å²) >= 11 is 9.68. The third-order valence-corrected chi connectivity index (χ3v) is 5.50. The Kier molecular flexibility index (Phi) is 5.38. The van der Waals surface area contributed by atoms with E-state index in [0.717, 1.165) is 36.0 Å². The third-order valence-electron chi connectivity index (χ3n) is 4.72. The van der Waals surface area contributed by atoms with Crippen molar-refractivity contribution in [3.63, 3.8) is 0 Å². The second-order valence-corrected chi connectivity index (χ2v) is 6.79. The molecule has 0 spiro atoms. The lowest BCUT2D eigenvalue weighted by atomic mass is 9.58. The SMILES string of the molecule is CCNC1CC(Oc2ccc(Br)cc2Cl)C1(CC)CC. The Morgan fingerprint density at radius 2 is 2.05 bits per heavy atom. The third kappa shape index (κ3) is 2.86. The quantitative estimate of drug-likeness (QED) is 0.767. The molecule has 1 aromatic rings. The summed E-state index contributed by atoms with van der Waals surface area (Å²) in [5, 5.41) is 4.27. The van der Waals surface area contributed by atoms with Crippen molar-refractivity contribution in [1.82, 2.24) is 5.32 Å².